The molecule has 0 spiro atoms. The van der Waals surface area contributed by atoms with Gasteiger partial charge in [0.15, 0.2) is 0 Å². The Labute approximate surface area is 366 Å². The van der Waals surface area contributed by atoms with E-state index in [9.17, 15) is 18.0 Å². The van der Waals surface area contributed by atoms with Crippen LogP contribution in [0.1, 0.15) is 252 Å². The quantitative estimate of drug-likeness (QED) is 0.0280. The van der Waals surface area contributed by atoms with E-state index in [2.05, 4.69) is 32.6 Å². The van der Waals surface area contributed by atoms with E-state index in [1.54, 1.807) is 0 Å². The zero-order chi connectivity index (χ0) is 43.7. The lowest BCUT2D eigenvalue weighted by molar-refractivity contribution is -0.150. The summed E-state index contributed by atoms with van der Waals surface area (Å²) in [5, 5.41) is 7.52. The fourth-order valence-electron chi connectivity index (χ4n) is 7.94. The number of unbranched alkanes of at least 4 members (excludes halogenated alkanes) is 23. The van der Waals surface area contributed by atoms with Crippen LogP contribution >= 0.6 is 0 Å². The largest absolute Gasteiger partial charge is 0.462 e. The van der Waals surface area contributed by atoms with Crippen LogP contribution in [0.3, 0.4) is 0 Å². The van der Waals surface area contributed by atoms with Gasteiger partial charge in [-0.25, -0.2) is 8.42 Å². The van der Waals surface area contributed by atoms with Crippen molar-refractivity contribution in [3.05, 3.63) is 0 Å². The topological polar surface area (TPSA) is 117 Å². The van der Waals surface area contributed by atoms with Crippen LogP contribution < -0.4 is 0 Å². The molecule has 0 aliphatic heterocycles. The minimum atomic E-state index is -3.42. The molecular formula is C49H97N3O6S. The number of hydrogen-bond acceptors (Lipinski definition) is 8. The average Bonchev–Trinajstić information content (AvgIpc) is 3.21. The first-order valence-electron chi connectivity index (χ1n) is 25.2. The van der Waals surface area contributed by atoms with Gasteiger partial charge in [0.05, 0.1) is 12.6 Å². The predicted octanol–water partition coefficient (Wildman–Crippen LogP) is 13.7. The van der Waals surface area contributed by atoms with Crippen LogP contribution in [0.2, 0.25) is 0 Å². The molecule has 0 aromatic carbocycles. The van der Waals surface area contributed by atoms with Gasteiger partial charge in [0.1, 0.15) is 12.2 Å². The molecular weight excluding hydrogens is 759 g/mol. The van der Waals surface area contributed by atoms with Crippen molar-refractivity contribution >= 4 is 28.3 Å². The molecule has 9 nitrogen and oxygen atoms in total. The van der Waals surface area contributed by atoms with Crippen molar-refractivity contribution in [1.29, 1.82) is 5.41 Å². The Morgan fingerprint density at radius 3 is 1.20 bits per heavy atom. The third-order valence-electron chi connectivity index (χ3n) is 11.8. The zero-order valence-corrected chi connectivity index (χ0v) is 40.4. The van der Waals surface area contributed by atoms with Gasteiger partial charge in [-0.15, -0.1) is 0 Å². The van der Waals surface area contributed by atoms with Gasteiger partial charge in [0.25, 0.3) is 0 Å². The van der Waals surface area contributed by atoms with Gasteiger partial charge >= 0.3 is 11.9 Å². The second kappa shape index (κ2) is 41.7. The summed E-state index contributed by atoms with van der Waals surface area (Å²) in [5.41, 5.74) is 0. The fourth-order valence-corrected chi connectivity index (χ4v) is 8.59. The number of nitrogens with zero attached hydrogens (tertiary/aromatic N) is 2. The van der Waals surface area contributed by atoms with Crippen LogP contribution in [0.4, 0.5) is 0 Å². The van der Waals surface area contributed by atoms with Crippen molar-refractivity contribution in [3.63, 3.8) is 0 Å². The van der Waals surface area contributed by atoms with Crippen LogP contribution in [-0.4, -0.2) is 80.5 Å². The molecule has 0 saturated heterocycles. The summed E-state index contributed by atoms with van der Waals surface area (Å²) in [4.78, 5) is 27.7. The van der Waals surface area contributed by atoms with Crippen molar-refractivity contribution in [2.24, 2.45) is 0 Å². The molecule has 0 heterocycles. The Morgan fingerprint density at radius 1 is 0.475 bits per heavy atom. The van der Waals surface area contributed by atoms with E-state index in [1.165, 1.54) is 96.3 Å². The SMILES string of the molecule is CCCCCCCCC(CC)OC(=O)CCCCCCCN(CCCCCCCC(=O)OC(CCCCCCCC)CCCCCCCC)CCCN(C=N)S(C)(=O)=O. The molecule has 0 aromatic rings. The summed E-state index contributed by atoms with van der Waals surface area (Å²) < 4.78 is 36.9. The maximum absolute atomic E-state index is 12.8. The average molecular weight is 856 g/mol. The van der Waals surface area contributed by atoms with Crippen LogP contribution in [-0.2, 0) is 29.1 Å². The Bertz CT molecular complexity index is 1060. The lowest BCUT2D eigenvalue weighted by Gasteiger charge is -2.24. The monoisotopic (exact) mass is 856 g/mol. The van der Waals surface area contributed by atoms with Crippen molar-refractivity contribution in [1.82, 2.24) is 9.21 Å². The molecule has 350 valence electrons. The normalized spacial score (nSPS) is 12.3. The highest BCUT2D eigenvalue weighted by atomic mass is 32.2. The molecule has 0 aliphatic carbocycles. The van der Waals surface area contributed by atoms with Gasteiger partial charge < -0.3 is 14.4 Å². The molecule has 0 aromatic heterocycles. The summed E-state index contributed by atoms with van der Waals surface area (Å²) in [6.07, 6.45) is 40.8. The van der Waals surface area contributed by atoms with Crippen LogP contribution in [0, 0.1) is 5.41 Å². The summed E-state index contributed by atoms with van der Waals surface area (Å²) >= 11 is 0. The number of esters is 2. The molecule has 0 fully saturated rings. The second-order valence-corrected chi connectivity index (χ2v) is 19.5. The number of carbonyl (C=O) groups is 2. The van der Waals surface area contributed by atoms with Gasteiger partial charge in [-0.05, 0) is 96.7 Å². The molecule has 0 radical (unpaired) electrons. The summed E-state index contributed by atoms with van der Waals surface area (Å²) in [7, 11) is -3.42. The molecule has 1 unspecified atom stereocenters. The molecule has 0 aliphatic rings. The first kappa shape index (κ1) is 57.3. The van der Waals surface area contributed by atoms with E-state index in [-0.39, 0.29) is 24.1 Å². The van der Waals surface area contributed by atoms with Gasteiger partial charge in [-0.2, -0.15) is 0 Å². The first-order valence-corrected chi connectivity index (χ1v) is 27.0. The lowest BCUT2D eigenvalue weighted by Crippen LogP contribution is -2.33. The lowest BCUT2D eigenvalue weighted by atomic mass is 10.0. The number of hydrogen-bond donors (Lipinski definition) is 1. The van der Waals surface area contributed by atoms with Crippen molar-refractivity contribution in [2.45, 2.75) is 265 Å². The Balaban J connectivity index is 4.57. The highest BCUT2D eigenvalue weighted by molar-refractivity contribution is 7.88. The second-order valence-electron chi connectivity index (χ2n) is 17.5. The first-order chi connectivity index (χ1) is 28.6. The van der Waals surface area contributed by atoms with Gasteiger partial charge in [-0.3, -0.25) is 19.3 Å². The van der Waals surface area contributed by atoms with Gasteiger partial charge in [0, 0.05) is 19.4 Å². The third-order valence-corrected chi connectivity index (χ3v) is 13.0. The fraction of sp³-hybridized carbons (Fsp3) is 0.939. The van der Waals surface area contributed by atoms with Crippen molar-refractivity contribution in [2.75, 3.05) is 32.4 Å². The smallest absolute Gasteiger partial charge is 0.306 e. The molecule has 59 heavy (non-hydrogen) atoms. The van der Waals surface area contributed by atoms with Crippen molar-refractivity contribution in [3.8, 4) is 0 Å². The summed E-state index contributed by atoms with van der Waals surface area (Å²) in [5.74, 6) is -0.0664. The number of ether oxygens (including phenoxy) is 2. The van der Waals surface area contributed by atoms with E-state index in [1.807, 2.05) is 0 Å². The van der Waals surface area contributed by atoms with E-state index in [0.717, 1.165) is 146 Å². The molecule has 0 saturated carbocycles. The minimum absolute atomic E-state index is 0.0185. The number of carbonyl (C=O) groups excluding carboxylic acids is 2. The molecule has 0 rings (SSSR count). The predicted molar refractivity (Wildman–Crippen MR) is 251 cm³/mol. The Kier molecular flexibility index (Phi) is 40.5. The minimum Gasteiger partial charge on any atom is -0.462 e. The highest BCUT2D eigenvalue weighted by Crippen LogP contribution is 2.19. The standard InChI is InChI=1S/C49H97N3O6S/c1-6-10-13-16-21-28-36-46(9-4)57-48(53)39-31-24-19-26-33-41-51(43-35-44-52(45-50)59(5,55)56)42-34-27-20-25-32-40-49(54)58-47(37-29-22-17-14-11-7-2)38-30-23-18-15-12-8-3/h45-47,50H,6-44H2,1-5H3. The molecule has 10 heteroatoms. The molecule has 0 bridgehead atoms. The number of rotatable bonds is 46. The van der Waals surface area contributed by atoms with Crippen LogP contribution in [0.15, 0.2) is 0 Å². The molecule has 1 atom stereocenters. The van der Waals surface area contributed by atoms with Crippen LogP contribution in [0.25, 0.3) is 0 Å². The highest BCUT2D eigenvalue weighted by Gasteiger charge is 2.16. The van der Waals surface area contributed by atoms with Gasteiger partial charge in [0.2, 0.25) is 10.0 Å². The maximum atomic E-state index is 12.8. The Hall–Kier alpha value is -1.68. The van der Waals surface area contributed by atoms with Crippen molar-refractivity contribution < 1.29 is 27.5 Å². The van der Waals surface area contributed by atoms with E-state index in [4.69, 9.17) is 14.9 Å². The Morgan fingerprint density at radius 2 is 0.814 bits per heavy atom. The molecule has 0 amide bonds. The maximum Gasteiger partial charge on any atom is 0.306 e. The van der Waals surface area contributed by atoms with E-state index < -0.39 is 10.0 Å². The number of sulfonamides is 1. The summed E-state index contributed by atoms with van der Waals surface area (Å²) in [6, 6.07) is 0. The number of nitrogens with one attached hydrogen (secondary N) is 1. The van der Waals surface area contributed by atoms with Crippen LogP contribution in [0.5, 0.6) is 0 Å². The summed E-state index contributed by atoms with van der Waals surface area (Å²) in [6.45, 7) is 11.9. The van der Waals surface area contributed by atoms with Gasteiger partial charge in [-0.1, -0.05) is 163 Å². The van der Waals surface area contributed by atoms with E-state index in [0.29, 0.717) is 25.8 Å². The zero-order valence-electron chi connectivity index (χ0n) is 39.6. The molecule has 1 N–H and O–H groups in total. The van der Waals surface area contributed by atoms with E-state index >= 15 is 0 Å². The third kappa shape index (κ3) is 37.8.